The molecular formula is C10H12F2IN. The molecule has 0 spiro atoms. The van der Waals surface area contributed by atoms with Crippen molar-refractivity contribution in [2.24, 2.45) is 5.73 Å². The molecule has 0 heterocycles. The molecule has 0 bridgehead atoms. The third kappa shape index (κ3) is 2.88. The molecule has 1 aromatic carbocycles. The van der Waals surface area contributed by atoms with Gasteiger partial charge in [0, 0.05) is 15.2 Å². The first-order valence-corrected chi connectivity index (χ1v) is 5.48. The van der Waals surface area contributed by atoms with Crippen LogP contribution in [0, 0.1) is 15.2 Å². The smallest absolute Gasteiger partial charge is 0.163 e. The summed E-state index contributed by atoms with van der Waals surface area (Å²) >= 11 is 2.00. The first-order valence-electron chi connectivity index (χ1n) is 4.40. The molecule has 1 aromatic rings. The van der Waals surface area contributed by atoms with E-state index in [0.29, 0.717) is 18.4 Å². The first-order chi connectivity index (χ1) is 6.52. The largest absolute Gasteiger partial charge is 0.328 e. The van der Waals surface area contributed by atoms with E-state index in [1.54, 1.807) is 6.07 Å². The summed E-state index contributed by atoms with van der Waals surface area (Å²) in [6.45, 7) is 1.85. The molecule has 1 unspecified atom stereocenters. The van der Waals surface area contributed by atoms with Crippen molar-refractivity contribution in [3.63, 3.8) is 0 Å². The Morgan fingerprint density at radius 3 is 2.64 bits per heavy atom. The molecule has 1 atom stereocenters. The molecule has 4 heteroatoms. The highest BCUT2D eigenvalue weighted by Gasteiger charge is 2.12. The Morgan fingerprint density at radius 1 is 1.43 bits per heavy atom. The third-order valence-electron chi connectivity index (χ3n) is 1.99. The minimum Gasteiger partial charge on any atom is -0.328 e. The second-order valence-corrected chi connectivity index (χ2v) is 4.50. The Labute approximate surface area is 95.8 Å². The van der Waals surface area contributed by atoms with Gasteiger partial charge >= 0.3 is 0 Å². The Kier molecular flexibility index (Phi) is 4.25. The fraction of sp³-hybridized carbons (Fsp3) is 0.400. The molecule has 2 N–H and O–H groups in total. The van der Waals surface area contributed by atoms with Crippen LogP contribution < -0.4 is 5.73 Å². The van der Waals surface area contributed by atoms with Crippen molar-refractivity contribution in [2.75, 3.05) is 0 Å². The number of benzene rings is 1. The van der Waals surface area contributed by atoms with Crippen LogP contribution in [0.4, 0.5) is 8.78 Å². The molecule has 0 radical (unpaired) electrons. The summed E-state index contributed by atoms with van der Waals surface area (Å²) in [7, 11) is 0. The fourth-order valence-corrected chi connectivity index (χ4v) is 1.86. The highest BCUT2D eigenvalue weighted by atomic mass is 127. The number of hydrogen-bond donors (Lipinski definition) is 1. The predicted octanol–water partition coefficient (Wildman–Crippen LogP) is 2.85. The summed E-state index contributed by atoms with van der Waals surface area (Å²) in [6.07, 6.45) is 1.15. The van der Waals surface area contributed by atoms with Gasteiger partial charge in [-0.1, -0.05) is 0 Å². The maximum Gasteiger partial charge on any atom is 0.163 e. The van der Waals surface area contributed by atoms with Crippen LogP contribution in [0.15, 0.2) is 12.1 Å². The van der Waals surface area contributed by atoms with Crippen molar-refractivity contribution in [1.82, 2.24) is 0 Å². The molecule has 0 fully saturated rings. The molecule has 0 aliphatic carbocycles. The van der Waals surface area contributed by atoms with Crippen LogP contribution in [0.1, 0.15) is 18.9 Å². The molecule has 0 amide bonds. The molecule has 0 saturated carbocycles. The summed E-state index contributed by atoms with van der Waals surface area (Å²) in [6, 6.07) is 2.73. The van der Waals surface area contributed by atoms with Gasteiger partial charge in [0.1, 0.15) is 0 Å². The Hall–Kier alpha value is -0.230. The Morgan fingerprint density at radius 2 is 2.07 bits per heavy atom. The first kappa shape index (κ1) is 11.8. The van der Waals surface area contributed by atoms with Crippen molar-refractivity contribution in [2.45, 2.75) is 25.8 Å². The average molecular weight is 311 g/mol. The molecule has 0 aliphatic rings. The van der Waals surface area contributed by atoms with Gasteiger partial charge in [0.2, 0.25) is 0 Å². The van der Waals surface area contributed by atoms with Crippen molar-refractivity contribution in [1.29, 1.82) is 0 Å². The molecular weight excluding hydrogens is 299 g/mol. The lowest BCUT2D eigenvalue weighted by Crippen LogP contribution is -2.16. The lowest BCUT2D eigenvalue weighted by molar-refractivity contribution is 0.493. The van der Waals surface area contributed by atoms with Crippen LogP contribution in [-0.2, 0) is 6.42 Å². The van der Waals surface area contributed by atoms with Crippen molar-refractivity contribution in [3.05, 3.63) is 32.9 Å². The maximum absolute atomic E-state index is 13.3. The van der Waals surface area contributed by atoms with E-state index in [2.05, 4.69) is 0 Å². The molecule has 1 nitrogen and oxygen atoms in total. The predicted molar refractivity (Wildman–Crippen MR) is 61.0 cm³/mol. The van der Waals surface area contributed by atoms with E-state index in [0.717, 1.165) is 9.64 Å². The lowest BCUT2D eigenvalue weighted by atomic mass is 10.1. The highest BCUT2D eigenvalue weighted by Crippen LogP contribution is 2.20. The normalized spacial score (nSPS) is 12.9. The standard InChI is InChI=1S/C10H12F2IN/c1-6(14)2-3-7-9(13)5-4-8(11)10(7)12/h4-6H,2-3,14H2,1H3. The second kappa shape index (κ2) is 5.02. The molecule has 0 aliphatic heterocycles. The zero-order chi connectivity index (χ0) is 10.7. The highest BCUT2D eigenvalue weighted by molar-refractivity contribution is 14.1. The van der Waals surface area contributed by atoms with E-state index in [1.807, 2.05) is 29.5 Å². The van der Waals surface area contributed by atoms with E-state index in [1.165, 1.54) is 0 Å². The van der Waals surface area contributed by atoms with Crippen LogP contribution in [-0.4, -0.2) is 6.04 Å². The van der Waals surface area contributed by atoms with E-state index in [4.69, 9.17) is 5.73 Å². The van der Waals surface area contributed by atoms with Crippen molar-refractivity contribution >= 4 is 22.6 Å². The van der Waals surface area contributed by atoms with Crippen molar-refractivity contribution < 1.29 is 8.78 Å². The van der Waals surface area contributed by atoms with Gasteiger partial charge in [-0.3, -0.25) is 0 Å². The number of rotatable bonds is 3. The van der Waals surface area contributed by atoms with Crippen LogP contribution in [0.3, 0.4) is 0 Å². The van der Waals surface area contributed by atoms with Gasteiger partial charge in [0.25, 0.3) is 0 Å². The van der Waals surface area contributed by atoms with Crippen LogP contribution in [0.5, 0.6) is 0 Å². The molecule has 78 valence electrons. The number of nitrogens with two attached hydrogens (primary N) is 1. The van der Waals surface area contributed by atoms with Gasteiger partial charge in [-0.25, -0.2) is 8.78 Å². The SMILES string of the molecule is CC(N)CCc1c(I)ccc(F)c1F. The topological polar surface area (TPSA) is 26.0 Å². The van der Waals surface area contributed by atoms with E-state index in [9.17, 15) is 8.78 Å². The minimum atomic E-state index is -0.787. The molecule has 1 rings (SSSR count). The summed E-state index contributed by atoms with van der Waals surface area (Å²) in [5.74, 6) is -1.53. The van der Waals surface area contributed by atoms with E-state index in [-0.39, 0.29) is 6.04 Å². The summed E-state index contributed by atoms with van der Waals surface area (Å²) in [5, 5.41) is 0. The van der Waals surface area contributed by atoms with Gasteiger partial charge in [0.05, 0.1) is 0 Å². The second-order valence-electron chi connectivity index (χ2n) is 3.34. The maximum atomic E-state index is 13.3. The van der Waals surface area contributed by atoms with Gasteiger partial charge in [0.15, 0.2) is 11.6 Å². The van der Waals surface area contributed by atoms with E-state index >= 15 is 0 Å². The van der Waals surface area contributed by atoms with Gasteiger partial charge in [-0.2, -0.15) is 0 Å². The van der Waals surface area contributed by atoms with E-state index < -0.39 is 11.6 Å². The monoisotopic (exact) mass is 311 g/mol. The van der Waals surface area contributed by atoms with Crippen LogP contribution in [0.2, 0.25) is 0 Å². The lowest BCUT2D eigenvalue weighted by Gasteiger charge is -2.08. The number of hydrogen-bond acceptors (Lipinski definition) is 1. The quantitative estimate of drug-likeness (QED) is 0.674. The van der Waals surface area contributed by atoms with Gasteiger partial charge in [-0.05, 0) is 54.5 Å². The molecule has 14 heavy (non-hydrogen) atoms. The van der Waals surface area contributed by atoms with Gasteiger partial charge in [-0.15, -0.1) is 0 Å². The molecule has 0 aromatic heterocycles. The fourth-order valence-electron chi connectivity index (χ4n) is 1.17. The van der Waals surface area contributed by atoms with Gasteiger partial charge < -0.3 is 5.73 Å². The zero-order valence-corrected chi connectivity index (χ0v) is 10.0. The Bertz CT molecular complexity index is 326. The van der Waals surface area contributed by atoms with Crippen LogP contribution in [0.25, 0.3) is 0 Å². The summed E-state index contributed by atoms with van der Waals surface area (Å²) in [5.41, 5.74) is 5.99. The minimum absolute atomic E-state index is 0.00784. The number of halogens is 3. The summed E-state index contributed by atoms with van der Waals surface area (Å²) < 4.78 is 26.9. The average Bonchev–Trinajstić information content (AvgIpc) is 2.11. The molecule has 0 saturated heterocycles. The zero-order valence-electron chi connectivity index (χ0n) is 7.86. The Balaban J connectivity index is 2.89. The van der Waals surface area contributed by atoms with Crippen molar-refractivity contribution in [3.8, 4) is 0 Å². The third-order valence-corrected chi connectivity index (χ3v) is 3.00. The van der Waals surface area contributed by atoms with Crippen LogP contribution >= 0.6 is 22.6 Å². The summed E-state index contributed by atoms with van der Waals surface area (Å²) in [4.78, 5) is 0.